The summed E-state index contributed by atoms with van der Waals surface area (Å²) in [6.45, 7) is 3.84. The molecule has 0 spiro atoms. The average molecular weight is 435 g/mol. The number of aliphatic hydroxyl groups excluding tert-OH is 1. The summed E-state index contributed by atoms with van der Waals surface area (Å²) in [7, 11) is -3.59. The van der Waals surface area contributed by atoms with E-state index in [4.69, 9.17) is 5.11 Å². The molecule has 0 aliphatic heterocycles. The van der Waals surface area contributed by atoms with Crippen molar-refractivity contribution in [1.29, 1.82) is 0 Å². The van der Waals surface area contributed by atoms with Gasteiger partial charge in [-0.25, -0.2) is 8.42 Å². The Kier molecular flexibility index (Phi) is 6.95. The van der Waals surface area contributed by atoms with Gasteiger partial charge in [-0.05, 0) is 50.8 Å². The van der Waals surface area contributed by atoms with Crippen LogP contribution in [0.5, 0.6) is 0 Å². The zero-order valence-corrected chi connectivity index (χ0v) is 15.6. The highest BCUT2D eigenvalue weighted by atomic mass is 79.9. The van der Waals surface area contributed by atoms with Crippen LogP contribution in [0, 0.1) is 0 Å². The summed E-state index contributed by atoms with van der Waals surface area (Å²) in [6.07, 6.45) is 1.44. The Morgan fingerprint density at radius 2 is 1.95 bits per heavy atom. The summed E-state index contributed by atoms with van der Waals surface area (Å²) in [6, 6.07) is 1.50. The lowest BCUT2D eigenvalue weighted by molar-refractivity contribution is 0.219. The predicted molar refractivity (Wildman–Crippen MR) is 85.1 cm³/mol. The van der Waals surface area contributed by atoms with E-state index in [1.54, 1.807) is 6.07 Å². The predicted octanol–water partition coefficient (Wildman–Crippen LogP) is 3.44. The van der Waals surface area contributed by atoms with E-state index >= 15 is 0 Å². The van der Waals surface area contributed by atoms with E-state index in [2.05, 4.69) is 31.9 Å². The Hall–Kier alpha value is 0.530. The second-order valence-electron chi connectivity index (χ2n) is 4.00. The van der Waals surface area contributed by atoms with Crippen molar-refractivity contribution in [1.82, 2.24) is 4.31 Å². The topological polar surface area (TPSA) is 57.6 Å². The Morgan fingerprint density at radius 1 is 1.37 bits per heavy atom. The van der Waals surface area contributed by atoms with E-state index in [9.17, 15) is 8.42 Å². The highest BCUT2D eigenvalue weighted by Crippen LogP contribution is 2.37. The van der Waals surface area contributed by atoms with Crippen molar-refractivity contribution in [2.45, 2.75) is 37.6 Å². The molecule has 1 aromatic rings. The molecule has 0 aliphatic rings. The van der Waals surface area contributed by atoms with Crippen LogP contribution >= 0.6 is 43.2 Å². The number of rotatable bonds is 7. The van der Waals surface area contributed by atoms with Gasteiger partial charge in [-0.3, -0.25) is 0 Å². The maximum atomic E-state index is 12.7. The first-order valence-corrected chi connectivity index (χ1v) is 9.80. The van der Waals surface area contributed by atoms with Crippen LogP contribution in [0.4, 0.5) is 0 Å². The van der Waals surface area contributed by atoms with Gasteiger partial charge in [0.1, 0.15) is 4.90 Å². The molecule has 1 rings (SSSR count). The number of hydrogen-bond acceptors (Lipinski definition) is 4. The summed E-state index contributed by atoms with van der Waals surface area (Å²) >= 11 is 7.90. The van der Waals surface area contributed by atoms with E-state index in [0.717, 1.165) is 16.6 Å². The van der Waals surface area contributed by atoms with Gasteiger partial charge in [-0.15, -0.1) is 11.3 Å². The van der Waals surface area contributed by atoms with E-state index < -0.39 is 10.0 Å². The van der Waals surface area contributed by atoms with Gasteiger partial charge < -0.3 is 5.11 Å². The quantitative estimate of drug-likeness (QED) is 0.714. The van der Waals surface area contributed by atoms with E-state index in [1.165, 1.54) is 15.6 Å². The van der Waals surface area contributed by atoms with Crippen LogP contribution in [0.2, 0.25) is 0 Å². The van der Waals surface area contributed by atoms with Gasteiger partial charge in [0.05, 0.1) is 14.2 Å². The zero-order valence-electron chi connectivity index (χ0n) is 10.8. The molecule has 0 fully saturated rings. The van der Waals surface area contributed by atoms with Crippen LogP contribution in [0.3, 0.4) is 0 Å². The number of sulfonamides is 1. The molecule has 0 atom stereocenters. The van der Waals surface area contributed by atoms with Crippen molar-refractivity contribution >= 4 is 53.2 Å². The molecule has 1 aromatic heterocycles. The van der Waals surface area contributed by atoms with Gasteiger partial charge in [0.2, 0.25) is 10.0 Å². The SMILES string of the molecule is CCC(CC)N(CCO)S(=O)(=O)c1cc(Br)sc1Br. The molecule has 0 aliphatic carbocycles. The molecule has 0 bridgehead atoms. The molecule has 0 amide bonds. The van der Waals surface area contributed by atoms with E-state index in [-0.39, 0.29) is 24.1 Å². The highest BCUT2D eigenvalue weighted by Gasteiger charge is 2.31. The van der Waals surface area contributed by atoms with Crippen molar-refractivity contribution in [3.05, 3.63) is 13.6 Å². The molecule has 0 saturated heterocycles. The molecular weight excluding hydrogens is 418 g/mol. The molecule has 4 nitrogen and oxygen atoms in total. The minimum atomic E-state index is -3.59. The van der Waals surface area contributed by atoms with Crippen LogP contribution in [0.25, 0.3) is 0 Å². The summed E-state index contributed by atoms with van der Waals surface area (Å²) < 4.78 is 28.1. The third-order valence-electron chi connectivity index (χ3n) is 2.88. The summed E-state index contributed by atoms with van der Waals surface area (Å²) in [5, 5.41) is 9.14. The van der Waals surface area contributed by atoms with E-state index in [1.807, 2.05) is 13.8 Å². The molecule has 1 heterocycles. The minimum Gasteiger partial charge on any atom is -0.395 e. The number of halogens is 2. The van der Waals surface area contributed by atoms with Crippen molar-refractivity contribution in [2.24, 2.45) is 0 Å². The molecular formula is C11H17Br2NO3S2. The van der Waals surface area contributed by atoms with E-state index in [0.29, 0.717) is 3.79 Å². The van der Waals surface area contributed by atoms with Crippen LogP contribution in [-0.2, 0) is 10.0 Å². The molecule has 110 valence electrons. The lowest BCUT2D eigenvalue weighted by Crippen LogP contribution is -2.41. The number of aliphatic hydroxyl groups is 1. The molecule has 19 heavy (non-hydrogen) atoms. The Morgan fingerprint density at radius 3 is 2.32 bits per heavy atom. The monoisotopic (exact) mass is 433 g/mol. The first-order chi connectivity index (χ1) is 8.88. The molecule has 0 radical (unpaired) electrons. The maximum absolute atomic E-state index is 12.7. The van der Waals surface area contributed by atoms with Gasteiger partial charge in [-0.2, -0.15) is 4.31 Å². The second-order valence-corrected chi connectivity index (χ2v) is 9.61. The fourth-order valence-corrected chi connectivity index (χ4v) is 7.45. The summed E-state index contributed by atoms with van der Waals surface area (Å²) in [5.74, 6) is 0. The number of thiophene rings is 1. The van der Waals surface area contributed by atoms with Gasteiger partial charge in [0, 0.05) is 12.6 Å². The second kappa shape index (κ2) is 7.51. The molecule has 0 saturated carbocycles. The van der Waals surface area contributed by atoms with Gasteiger partial charge >= 0.3 is 0 Å². The van der Waals surface area contributed by atoms with Crippen molar-refractivity contribution < 1.29 is 13.5 Å². The van der Waals surface area contributed by atoms with Crippen LogP contribution in [0.1, 0.15) is 26.7 Å². The highest BCUT2D eigenvalue weighted by molar-refractivity contribution is 9.12. The van der Waals surface area contributed by atoms with Crippen molar-refractivity contribution in [3.8, 4) is 0 Å². The Balaban J connectivity index is 3.23. The molecule has 0 unspecified atom stereocenters. The number of nitrogens with zero attached hydrogens (tertiary/aromatic N) is 1. The zero-order chi connectivity index (χ0) is 14.6. The fraction of sp³-hybridized carbons (Fsp3) is 0.636. The van der Waals surface area contributed by atoms with Gasteiger partial charge in [-0.1, -0.05) is 13.8 Å². The van der Waals surface area contributed by atoms with Crippen LogP contribution in [0.15, 0.2) is 18.5 Å². The Bertz CT molecular complexity index is 512. The van der Waals surface area contributed by atoms with Crippen LogP contribution < -0.4 is 0 Å². The standard InChI is InChI=1S/C11H17Br2NO3S2/c1-3-8(4-2)14(5-6-15)19(16,17)9-7-10(12)18-11(9)13/h7-8,15H,3-6H2,1-2H3. The first kappa shape index (κ1) is 17.6. The molecule has 8 heteroatoms. The lowest BCUT2D eigenvalue weighted by atomic mass is 10.2. The average Bonchev–Trinajstić information content (AvgIpc) is 2.69. The largest absolute Gasteiger partial charge is 0.395 e. The van der Waals surface area contributed by atoms with Crippen molar-refractivity contribution in [2.75, 3.05) is 13.2 Å². The third-order valence-corrected chi connectivity index (χ3v) is 7.59. The third kappa shape index (κ3) is 4.01. The number of hydrogen-bond donors (Lipinski definition) is 1. The first-order valence-electron chi connectivity index (χ1n) is 5.95. The maximum Gasteiger partial charge on any atom is 0.245 e. The minimum absolute atomic E-state index is 0.0947. The van der Waals surface area contributed by atoms with Gasteiger partial charge in [0.25, 0.3) is 0 Å². The fourth-order valence-electron chi connectivity index (χ4n) is 1.92. The van der Waals surface area contributed by atoms with Crippen molar-refractivity contribution in [3.63, 3.8) is 0 Å². The lowest BCUT2D eigenvalue weighted by Gasteiger charge is -2.28. The summed E-state index contributed by atoms with van der Waals surface area (Å²) in [4.78, 5) is 0.254. The van der Waals surface area contributed by atoms with Gasteiger partial charge in [0.15, 0.2) is 0 Å². The molecule has 1 N–H and O–H groups in total. The normalized spacial score (nSPS) is 12.6. The van der Waals surface area contributed by atoms with Crippen LogP contribution in [-0.4, -0.2) is 37.0 Å². The smallest absolute Gasteiger partial charge is 0.245 e. The summed E-state index contributed by atoms with van der Waals surface area (Å²) in [5.41, 5.74) is 0. The molecule has 0 aromatic carbocycles. The Labute approximate surface area is 135 Å².